The molecule has 1 heterocycles. The lowest BCUT2D eigenvalue weighted by atomic mass is 9.92. The highest BCUT2D eigenvalue weighted by atomic mass is 16.5. The van der Waals surface area contributed by atoms with Crippen molar-refractivity contribution >= 4 is 23.4 Å². The Morgan fingerprint density at radius 1 is 1.00 bits per heavy atom. The van der Waals surface area contributed by atoms with Gasteiger partial charge in [-0.3, -0.25) is 4.79 Å². The molecule has 3 rings (SSSR count). The molecule has 0 fully saturated rings. The zero-order valence-electron chi connectivity index (χ0n) is 21.4. The van der Waals surface area contributed by atoms with E-state index < -0.39 is 0 Å². The van der Waals surface area contributed by atoms with Gasteiger partial charge in [-0.2, -0.15) is 5.10 Å². The molecule has 3 aromatic rings. The minimum Gasteiger partial charge on any atom is -0.383 e. The van der Waals surface area contributed by atoms with E-state index in [9.17, 15) is 9.59 Å². The van der Waals surface area contributed by atoms with Gasteiger partial charge in [0.25, 0.3) is 0 Å². The zero-order valence-corrected chi connectivity index (χ0v) is 21.4. The number of methoxy groups -OCH3 is 1. The van der Waals surface area contributed by atoms with E-state index in [1.165, 1.54) is 4.90 Å². The smallest absolute Gasteiger partial charge is 0.322 e. The molecule has 0 aliphatic rings. The molecule has 0 unspecified atom stereocenters. The summed E-state index contributed by atoms with van der Waals surface area (Å²) in [4.78, 5) is 27.5. The van der Waals surface area contributed by atoms with Crippen LogP contribution in [0.1, 0.15) is 37.6 Å². The Balaban J connectivity index is 1.82. The van der Waals surface area contributed by atoms with Gasteiger partial charge >= 0.3 is 6.03 Å². The summed E-state index contributed by atoms with van der Waals surface area (Å²) in [6, 6.07) is 16.9. The average molecular weight is 478 g/mol. The van der Waals surface area contributed by atoms with Gasteiger partial charge in [0, 0.05) is 30.8 Å². The number of aromatic nitrogens is 2. The van der Waals surface area contributed by atoms with E-state index in [4.69, 9.17) is 9.84 Å². The van der Waals surface area contributed by atoms with Crippen LogP contribution in [0.3, 0.4) is 0 Å². The Morgan fingerprint density at radius 2 is 1.66 bits per heavy atom. The van der Waals surface area contributed by atoms with Crippen LogP contribution in [0.2, 0.25) is 0 Å². The summed E-state index contributed by atoms with van der Waals surface area (Å²) in [6.07, 6.45) is 0. The minimum absolute atomic E-state index is 0.134. The number of carbonyl (C=O) groups excluding carboxylic acids is 2. The van der Waals surface area contributed by atoms with E-state index in [-0.39, 0.29) is 30.4 Å². The first kappa shape index (κ1) is 26.0. The predicted molar refractivity (Wildman–Crippen MR) is 139 cm³/mol. The number of amides is 3. The third-order valence-electron chi connectivity index (χ3n) is 5.66. The van der Waals surface area contributed by atoms with E-state index >= 15 is 0 Å². The topological polar surface area (TPSA) is 88.5 Å². The molecule has 186 valence electrons. The van der Waals surface area contributed by atoms with Gasteiger partial charge in [0.1, 0.15) is 12.4 Å². The van der Waals surface area contributed by atoms with Crippen molar-refractivity contribution in [2.75, 3.05) is 37.4 Å². The van der Waals surface area contributed by atoms with Crippen LogP contribution in [0, 0.1) is 13.8 Å². The highest BCUT2D eigenvalue weighted by Crippen LogP contribution is 2.27. The molecule has 1 aromatic heterocycles. The van der Waals surface area contributed by atoms with E-state index in [1.807, 2.05) is 68.4 Å². The van der Waals surface area contributed by atoms with E-state index in [0.29, 0.717) is 18.1 Å². The number of hydrogen-bond acceptors (Lipinski definition) is 4. The van der Waals surface area contributed by atoms with Gasteiger partial charge in [-0.05, 0) is 37.1 Å². The SMILES string of the molecule is COCCN(CC(=O)Nc1cc(C(C)(C)C)nn1-c1ccccc1C)C(=O)Nc1ccccc1C. The first-order valence-electron chi connectivity index (χ1n) is 11.7. The number of anilines is 2. The summed E-state index contributed by atoms with van der Waals surface area (Å²) < 4.78 is 6.91. The monoisotopic (exact) mass is 477 g/mol. The maximum absolute atomic E-state index is 13.1. The number of aryl methyl sites for hydroxylation is 2. The molecule has 8 nitrogen and oxygen atoms in total. The third-order valence-corrected chi connectivity index (χ3v) is 5.66. The molecule has 2 aromatic carbocycles. The summed E-state index contributed by atoms with van der Waals surface area (Å²) in [5, 5.41) is 10.6. The molecule has 35 heavy (non-hydrogen) atoms. The first-order valence-corrected chi connectivity index (χ1v) is 11.7. The second-order valence-corrected chi connectivity index (χ2v) is 9.57. The van der Waals surface area contributed by atoms with Crippen molar-refractivity contribution in [1.82, 2.24) is 14.7 Å². The van der Waals surface area contributed by atoms with Crippen molar-refractivity contribution in [2.24, 2.45) is 0 Å². The Hall–Kier alpha value is -3.65. The second kappa shape index (κ2) is 11.2. The van der Waals surface area contributed by atoms with Gasteiger partial charge in [0.2, 0.25) is 5.91 Å². The molecule has 0 bridgehead atoms. The van der Waals surface area contributed by atoms with Crippen LogP contribution in [0.5, 0.6) is 0 Å². The highest BCUT2D eigenvalue weighted by Gasteiger charge is 2.23. The maximum atomic E-state index is 13.1. The van der Waals surface area contributed by atoms with Gasteiger partial charge < -0.3 is 20.3 Å². The zero-order chi connectivity index (χ0) is 25.6. The lowest BCUT2D eigenvalue weighted by molar-refractivity contribution is -0.116. The maximum Gasteiger partial charge on any atom is 0.322 e. The fourth-order valence-electron chi connectivity index (χ4n) is 3.54. The lowest BCUT2D eigenvalue weighted by Gasteiger charge is -2.23. The molecule has 0 saturated carbocycles. The summed E-state index contributed by atoms with van der Waals surface area (Å²) in [5.74, 6) is 0.233. The number of para-hydroxylation sites is 2. The summed E-state index contributed by atoms with van der Waals surface area (Å²) in [7, 11) is 1.56. The van der Waals surface area contributed by atoms with E-state index in [0.717, 1.165) is 22.5 Å². The molecule has 0 saturated heterocycles. The average Bonchev–Trinajstić information content (AvgIpc) is 3.22. The van der Waals surface area contributed by atoms with Crippen LogP contribution in [0.25, 0.3) is 5.69 Å². The minimum atomic E-state index is -0.366. The van der Waals surface area contributed by atoms with Crippen LogP contribution in [0.15, 0.2) is 54.6 Å². The van der Waals surface area contributed by atoms with Crippen molar-refractivity contribution in [3.8, 4) is 5.69 Å². The van der Waals surface area contributed by atoms with E-state index in [1.54, 1.807) is 11.8 Å². The predicted octanol–water partition coefficient (Wildman–Crippen LogP) is 4.91. The lowest BCUT2D eigenvalue weighted by Crippen LogP contribution is -2.42. The van der Waals surface area contributed by atoms with Crippen molar-refractivity contribution in [3.05, 3.63) is 71.4 Å². The Bertz CT molecular complexity index is 1180. The van der Waals surface area contributed by atoms with Crippen LogP contribution in [-0.4, -0.2) is 53.4 Å². The fraction of sp³-hybridized carbons (Fsp3) is 0.370. The Morgan fingerprint density at radius 3 is 2.29 bits per heavy atom. The highest BCUT2D eigenvalue weighted by molar-refractivity contribution is 5.97. The van der Waals surface area contributed by atoms with Crippen LogP contribution in [0.4, 0.5) is 16.3 Å². The van der Waals surface area contributed by atoms with Crippen LogP contribution in [-0.2, 0) is 14.9 Å². The molecule has 0 aliphatic carbocycles. The first-order chi connectivity index (χ1) is 16.6. The molecule has 2 N–H and O–H groups in total. The molecule has 8 heteroatoms. The van der Waals surface area contributed by atoms with Crippen molar-refractivity contribution in [1.29, 1.82) is 0 Å². The molecule has 0 spiro atoms. The fourth-order valence-corrected chi connectivity index (χ4v) is 3.54. The number of rotatable bonds is 8. The summed E-state index contributed by atoms with van der Waals surface area (Å²) >= 11 is 0. The summed E-state index contributed by atoms with van der Waals surface area (Å²) in [6.45, 7) is 10.6. The summed E-state index contributed by atoms with van der Waals surface area (Å²) in [5.41, 5.74) is 4.20. The number of benzene rings is 2. The number of hydrogen-bond donors (Lipinski definition) is 2. The number of carbonyl (C=O) groups is 2. The largest absolute Gasteiger partial charge is 0.383 e. The Labute approximate surface area is 207 Å². The molecule has 0 radical (unpaired) electrons. The number of ether oxygens (including phenoxy) is 1. The third kappa shape index (κ3) is 6.70. The molecule has 0 aliphatic heterocycles. The molecular weight excluding hydrogens is 442 g/mol. The normalized spacial score (nSPS) is 11.3. The number of nitrogens with one attached hydrogen (secondary N) is 2. The molecular formula is C27H35N5O3. The van der Waals surface area contributed by atoms with Gasteiger partial charge in [-0.25, -0.2) is 9.48 Å². The Kier molecular flexibility index (Phi) is 8.30. The van der Waals surface area contributed by atoms with Crippen molar-refractivity contribution < 1.29 is 14.3 Å². The number of urea groups is 1. The van der Waals surface area contributed by atoms with Gasteiger partial charge in [0.15, 0.2) is 0 Å². The van der Waals surface area contributed by atoms with Gasteiger partial charge in [-0.1, -0.05) is 57.2 Å². The quantitative estimate of drug-likeness (QED) is 0.483. The van der Waals surface area contributed by atoms with Crippen molar-refractivity contribution in [3.63, 3.8) is 0 Å². The number of nitrogens with zero attached hydrogens (tertiary/aromatic N) is 3. The van der Waals surface area contributed by atoms with Crippen LogP contribution < -0.4 is 10.6 Å². The molecule has 0 atom stereocenters. The molecule has 3 amide bonds. The van der Waals surface area contributed by atoms with Crippen LogP contribution >= 0.6 is 0 Å². The van der Waals surface area contributed by atoms with Gasteiger partial charge in [0.05, 0.1) is 18.0 Å². The standard InChI is InChI=1S/C27H35N5O3/c1-19-11-7-9-13-21(19)28-26(34)31(15-16-35-6)18-25(33)29-24-17-23(27(3,4)5)30-32(24)22-14-10-8-12-20(22)2/h7-14,17H,15-16,18H2,1-6H3,(H,28,34)(H,29,33). The van der Waals surface area contributed by atoms with Gasteiger partial charge in [-0.15, -0.1) is 0 Å². The van der Waals surface area contributed by atoms with Crippen molar-refractivity contribution in [2.45, 2.75) is 40.0 Å². The second-order valence-electron chi connectivity index (χ2n) is 9.57. The van der Waals surface area contributed by atoms with E-state index in [2.05, 4.69) is 31.4 Å².